The summed E-state index contributed by atoms with van der Waals surface area (Å²) in [7, 11) is 0. The van der Waals surface area contributed by atoms with E-state index < -0.39 is 28.7 Å². The number of hydrogen-bond acceptors (Lipinski definition) is 7. The predicted molar refractivity (Wildman–Crippen MR) is 133 cm³/mol. The van der Waals surface area contributed by atoms with Crippen molar-refractivity contribution in [3.05, 3.63) is 65.7 Å². The first-order chi connectivity index (χ1) is 16.3. The summed E-state index contributed by atoms with van der Waals surface area (Å²) in [6, 6.07) is 17.4. The molecular weight excluding hydrogens is 446 g/mol. The zero-order valence-corrected chi connectivity index (χ0v) is 21.4. The second-order valence-corrected chi connectivity index (χ2v) is 10.8. The lowest BCUT2D eigenvalue weighted by molar-refractivity contribution is -0.169. The van der Waals surface area contributed by atoms with Crippen LogP contribution >= 0.6 is 0 Å². The molecule has 2 aromatic rings. The number of esters is 2. The van der Waals surface area contributed by atoms with E-state index in [1.165, 1.54) is 0 Å². The van der Waals surface area contributed by atoms with Gasteiger partial charge in [-0.3, -0.25) is 9.59 Å². The number of oxime groups is 1. The third kappa shape index (κ3) is 8.42. The standard InChI is InChI=1S/C28H35NO6/c1-26(2,3)33-24(30)17-28(18-25(31)34-27(4,5)6)16-23(29-35-28)21-13-10-14-22(15-21)32-19-20-11-8-7-9-12-20/h7-15H,16-19H2,1-6H3. The van der Waals surface area contributed by atoms with E-state index in [1.807, 2.05) is 54.6 Å². The van der Waals surface area contributed by atoms with E-state index in [0.717, 1.165) is 11.1 Å². The first-order valence-electron chi connectivity index (χ1n) is 11.8. The van der Waals surface area contributed by atoms with Crippen LogP contribution < -0.4 is 4.74 Å². The molecule has 0 radical (unpaired) electrons. The average Bonchev–Trinajstić information content (AvgIpc) is 3.13. The van der Waals surface area contributed by atoms with Gasteiger partial charge in [0.1, 0.15) is 23.6 Å². The highest BCUT2D eigenvalue weighted by Gasteiger charge is 2.45. The van der Waals surface area contributed by atoms with Crippen molar-refractivity contribution in [1.82, 2.24) is 0 Å². The minimum atomic E-state index is -1.18. The van der Waals surface area contributed by atoms with Gasteiger partial charge in [-0.25, -0.2) is 0 Å². The summed E-state index contributed by atoms with van der Waals surface area (Å²) in [5.74, 6) is -0.235. The topological polar surface area (TPSA) is 83.4 Å². The van der Waals surface area contributed by atoms with Crippen LogP contribution in [0.3, 0.4) is 0 Å². The van der Waals surface area contributed by atoms with Gasteiger partial charge in [-0.2, -0.15) is 0 Å². The molecule has 0 spiro atoms. The number of benzene rings is 2. The number of carbonyl (C=O) groups excluding carboxylic acids is 2. The van der Waals surface area contributed by atoms with E-state index in [9.17, 15) is 9.59 Å². The normalized spacial score (nSPS) is 15.1. The van der Waals surface area contributed by atoms with Crippen molar-refractivity contribution in [1.29, 1.82) is 0 Å². The number of hydrogen-bond donors (Lipinski definition) is 0. The molecule has 0 aliphatic carbocycles. The maximum Gasteiger partial charge on any atom is 0.310 e. The summed E-state index contributed by atoms with van der Waals surface area (Å²) in [6.07, 6.45) is 0.00897. The van der Waals surface area contributed by atoms with Crippen molar-refractivity contribution in [2.75, 3.05) is 0 Å². The lowest BCUT2D eigenvalue weighted by Gasteiger charge is -2.28. The smallest absolute Gasteiger partial charge is 0.310 e. The molecule has 1 aliphatic rings. The minimum Gasteiger partial charge on any atom is -0.489 e. The Kier molecular flexibility index (Phi) is 7.88. The van der Waals surface area contributed by atoms with Crippen LogP contribution in [0.2, 0.25) is 0 Å². The van der Waals surface area contributed by atoms with Gasteiger partial charge in [0.25, 0.3) is 0 Å². The maximum absolute atomic E-state index is 12.7. The monoisotopic (exact) mass is 481 g/mol. The zero-order chi connectivity index (χ0) is 25.7. The van der Waals surface area contributed by atoms with E-state index in [1.54, 1.807) is 41.5 Å². The Morgan fingerprint density at radius 2 is 1.49 bits per heavy atom. The molecule has 0 saturated heterocycles. The van der Waals surface area contributed by atoms with Gasteiger partial charge in [-0.1, -0.05) is 47.6 Å². The molecule has 35 heavy (non-hydrogen) atoms. The van der Waals surface area contributed by atoms with E-state index in [-0.39, 0.29) is 19.3 Å². The Morgan fingerprint density at radius 3 is 2.06 bits per heavy atom. The quantitative estimate of drug-likeness (QED) is 0.457. The molecule has 0 N–H and O–H groups in total. The Balaban J connectivity index is 1.74. The van der Waals surface area contributed by atoms with Gasteiger partial charge in [-0.05, 0) is 59.2 Å². The SMILES string of the molecule is CC(C)(C)OC(=O)CC1(CC(=O)OC(C)(C)C)CC(c2cccc(OCc3ccccc3)c2)=NO1. The summed E-state index contributed by atoms with van der Waals surface area (Å²) >= 11 is 0. The van der Waals surface area contributed by atoms with Crippen LogP contribution in [0.4, 0.5) is 0 Å². The van der Waals surface area contributed by atoms with Crippen LogP contribution in [0.1, 0.15) is 71.9 Å². The fourth-order valence-corrected chi connectivity index (χ4v) is 3.72. The van der Waals surface area contributed by atoms with Gasteiger partial charge in [0.2, 0.25) is 0 Å². The zero-order valence-electron chi connectivity index (χ0n) is 21.4. The highest BCUT2D eigenvalue weighted by atomic mass is 16.7. The molecule has 0 bridgehead atoms. The third-order valence-corrected chi connectivity index (χ3v) is 5.03. The molecule has 2 aromatic carbocycles. The summed E-state index contributed by atoms with van der Waals surface area (Å²) in [6.45, 7) is 11.2. The molecule has 0 atom stereocenters. The second-order valence-electron chi connectivity index (χ2n) is 10.8. The lowest BCUT2D eigenvalue weighted by atomic mass is 9.88. The summed E-state index contributed by atoms with van der Waals surface area (Å²) in [5.41, 5.74) is -0.00406. The largest absolute Gasteiger partial charge is 0.489 e. The van der Waals surface area contributed by atoms with Gasteiger partial charge in [-0.15, -0.1) is 0 Å². The molecule has 0 saturated carbocycles. The van der Waals surface area contributed by atoms with Crippen LogP contribution in [0.5, 0.6) is 5.75 Å². The van der Waals surface area contributed by atoms with E-state index in [0.29, 0.717) is 18.1 Å². The first-order valence-corrected chi connectivity index (χ1v) is 11.8. The van der Waals surface area contributed by atoms with Gasteiger partial charge in [0.15, 0.2) is 5.60 Å². The van der Waals surface area contributed by atoms with Gasteiger partial charge < -0.3 is 19.0 Å². The molecule has 0 unspecified atom stereocenters. The number of nitrogens with zero attached hydrogens (tertiary/aromatic N) is 1. The first kappa shape index (κ1) is 26.3. The maximum atomic E-state index is 12.7. The van der Waals surface area contributed by atoms with E-state index >= 15 is 0 Å². The van der Waals surface area contributed by atoms with Crippen molar-refractivity contribution in [2.24, 2.45) is 5.16 Å². The van der Waals surface area contributed by atoms with Gasteiger partial charge in [0, 0.05) is 12.0 Å². The predicted octanol–water partition coefficient (Wildman–Crippen LogP) is 5.59. The van der Waals surface area contributed by atoms with Crippen molar-refractivity contribution >= 4 is 17.7 Å². The number of carbonyl (C=O) groups is 2. The Labute approximate surface area is 207 Å². The Bertz CT molecular complexity index is 1030. The number of rotatable bonds is 8. The summed E-state index contributed by atoms with van der Waals surface area (Å²) in [5, 5.41) is 4.26. The van der Waals surface area contributed by atoms with Crippen LogP contribution in [0.15, 0.2) is 59.8 Å². The molecule has 1 aliphatic heterocycles. The molecule has 188 valence electrons. The van der Waals surface area contributed by atoms with Crippen molar-refractivity contribution in [2.45, 2.75) is 84.2 Å². The molecular formula is C28H35NO6. The third-order valence-electron chi connectivity index (χ3n) is 5.03. The Hall–Kier alpha value is -3.35. The average molecular weight is 482 g/mol. The van der Waals surface area contributed by atoms with E-state index in [2.05, 4.69) is 5.16 Å². The lowest BCUT2D eigenvalue weighted by Crippen LogP contribution is -2.39. The summed E-state index contributed by atoms with van der Waals surface area (Å²) in [4.78, 5) is 31.1. The molecule has 0 fully saturated rings. The highest BCUT2D eigenvalue weighted by Crippen LogP contribution is 2.35. The van der Waals surface area contributed by atoms with Crippen molar-refractivity contribution in [3.8, 4) is 5.75 Å². The van der Waals surface area contributed by atoms with E-state index in [4.69, 9.17) is 19.0 Å². The number of ether oxygens (including phenoxy) is 3. The molecule has 1 heterocycles. The van der Waals surface area contributed by atoms with Crippen LogP contribution in [-0.4, -0.2) is 34.5 Å². The van der Waals surface area contributed by atoms with Crippen LogP contribution in [0.25, 0.3) is 0 Å². The molecule has 7 nitrogen and oxygen atoms in total. The minimum absolute atomic E-state index is 0.124. The van der Waals surface area contributed by atoms with Crippen molar-refractivity contribution in [3.63, 3.8) is 0 Å². The Morgan fingerprint density at radius 1 is 0.886 bits per heavy atom. The fraction of sp³-hybridized carbons (Fsp3) is 0.464. The molecule has 3 rings (SSSR count). The molecule has 0 amide bonds. The molecule has 0 aromatic heterocycles. The van der Waals surface area contributed by atoms with Gasteiger partial charge in [0.05, 0.1) is 18.6 Å². The van der Waals surface area contributed by atoms with Gasteiger partial charge >= 0.3 is 11.9 Å². The molecule has 7 heteroatoms. The van der Waals surface area contributed by atoms with Crippen LogP contribution in [-0.2, 0) is 30.5 Å². The summed E-state index contributed by atoms with van der Waals surface area (Å²) < 4.78 is 16.9. The fourth-order valence-electron chi connectivity index (χ4n) is 3.72. The second kappa shape index (κ2) is 10.5. The van der Waals surface area contributed by atoms with Crippen LogP contribution in [0, 0.1) is 0 Å². The van der Waals surface area contributed by atoms with Crippen molar-refractivity contribution < 1.29 is 28.6 Å². The highest BCUT2D eigenvalue weighted by molar-refractivity contribution is 6.02.